The van der Waals surface area contributed by atoms with Gasteiger partial charge >= 0.3 is 0 Å². The number of fused-ring (bicyclic) bond motifs is 1. The molecule has 1 aromatic carbocycles. The molecule has 2 aliphatic rings. The van der Waals surface area contributed by atoms with Crippen LogP contribution in [0.2, 0.25) is 0 Å². The predicted molar refractivity (Wildman–Crippen MR) is 98.1 cm³/mol. The molecule has 138 valence electrons. The normalized spacial score (nSPS) is 19.0. The summed E-state index contributed by atoms with van der Waals surface area (Å²) in [5.41, 5.74) is 1.67. The molecule has 1 saturated heterocycles. The molecule has 1 unspecified atom stereocenters. The van der Waals surface area contributed by atoms with E-state index in [0.717, 1.165) is 49.5 Å². The molecule has 2 aliphatic heterocycles. The molecular weight excluding hydrogens is 332 g/mol. The first-order valence-electron chi connectivity index (χ1n) is 9.03. The van der Waals surface area contributed by atoms with E-state index >= 15 is 0 Å². The van der Waals surface area contributed by atoms with E-state index in [1.54, 1.807) is 19.4 Å². The van der Waals surface area contributed by atoms with Crippen LogP contribution < -0.4 is 19.7 Å². The molecule has 0 spiro atoms. The fourth-order valence-corrected chi connectivity index (χ4v) is 3.80. The zero-order valence-corrected chi connectivity index (χ0v) is 15.2. The summed E-state index contributed by atoms with van der Waals surface area (Å²) in [5.74, 6) is 2.42. The molecule has 1 N–H and O–H groups in total. The number of aryl methyl sites for hydroxylation is 1. The molecule has 7 nitrogen and oxygen atoms in total. The van der Waals surface area contributed by atoms with Gasteiger partial charge in [-0.15, -0.1) is 0 Å². The van der Waals surface area contributed by atoms with Gasteiger partial charge in [0.25, 0.3) is 5.91 Å². The minimum absolute atomic E-state index is 0.0603. The summed E-state index contributed by atoms with van der Waals surface area (Å²) < 4.78 is 12.9. The molecule has 1 amide bonds. The van der Waals surface area contributed by atoms with Crippen LogP contribution >= 0.6 is 0 Å². The molecular formula is C19H24N4O3. The van der Waals surface area contributed by atoms with Crippen LogP contribution in [-0.4, -0.2) is 48.5 Å². The number of nitrogens with zero attached hydrogens (tertiary/aromatic N) is 3. The van der Waals surface area contributed by atoms with E-state index < -0.39 is 0 Å². The molecule has 0 radical (unpaired) electrons. The van der Waals surface area contributed by atoms with Crippen LogP contribution in [0.4, 0.5) is 5.82 Å². The van der Waals surface area contributed by atoms with Gasteiger partial charge in [-0.1, -0.05) is 0 Å². The fourth-order valence-electron chi connectivity index (χ4n) is 3.80. The van der Waals surface area contributed by atoms with Gasteiger partial charge in [0.2, 0.25) is 0 Å². The van der Waals surface area contributed by atoms with Gasteiger partial charge in [-0.2, -0.15) is 5.10 Å². The second-order valence-corrected chi connectivity index (χ2v) is 6.84. The van der Waals surface area contributed by atoms with Crippen molar-refractivity contribution in [3.8, 4) is 11.5 Å². The first kappa shape index (κ1) is 16.8. The molecule has 2 aromatic rings. The smallest absolute Gasteiger partial charge is 0.251 e. The van der Waals surface area contributed by atoms with Crippen molar-refractivity contribution in [3.63, 3.8) is 0 Å². The van der Waals surface area contributed by atoms with Crippen molar-refractivity contribution in [1.29, 1.82) is 0 Å². The van der Waals surface area contributed by atoms with Crippen LogP contribution in [0.3, 0.4) is 0 Å². The molecule has 4 rings (SSSR count). The summed E-state index contributed by atoms with van der Waals surface area (Å²) in [7, 11) is 3.54. The SMILES string of the molecule is COc1cc(C(=O)NC2CCCN(c3ccnn3C)C2)cc2c1OCC2. The highest BCUT2D eigenvalue weighted by Crippen LogP contribution is 2.36. The summed E-state index contributed by atoms with van der Waals surface area (Å²) in [4.78, 5) is 15.1. The Morgan fingerprint density at radius 2 is 2.31 bits per heavy atom. The number of amides is 1. The van der Waals surface area contributed by atoms with Crippen LogP contribution in [0.5, 0.6) is 11.5 Å². The molecule has 0 aliphatic carbocycles. The lowest BCUT2D eigenvalue weighted by molar-refractivity contribution is 0.0932. The van der Waals surface area contributed by atoms with Gasteiger partial charge in [-0.3, -0.25) is 9.48 Å². The average molecular weight is 356 g/mol. The first-order chi connectivity index (χ1) is 12.7. The van der Waals surface area contributed by atoms with Crippen molar-refractivity contribution in [2.45, 2.75) is 25.3 Å². The Kier molecular flexibility index (Phi) is 4.44. The summed E-state index contributed by atoms with van der Waals surface area (Å²) in [6.07, 6.45) is 4.63. The van der Waals surface area contributed by atoms with Gasteiger partial charge in [0.1, 0.15) is 5.82 Å². The Balaban J connectivity index is 1.47. The van der Waals surface area contributed by atoms with Gasteiger partial charge in [0.05, 0.1) is 19.9 Å². The molecule has 7 heteroatoms. The van der Waals surface area contributed by atoms with E-state index in [0.29, 0.717) is 17.9 Å². The number of piperidine rings is 1. The van der Waals surface area contributed by atoms with Gasteiger partial charge in [0.15, 0.2) is 11.5 Å². The zero-order valence-electron chi connectivity index (χ0n) is 15.2. The molecule has 1 atom stereocenters. The molecule has 1 aromatic heterocycles. The van der Waals surface area contributed by atoms with Crippen molar-refractivity contribution in [1.82, 2.24) is 15.1 Å². The molecule has 26 heavy (non-hydrogen) atoms. The third-order valence-corrected chi connectivity index (χ3v) is 5.11. The third-order valence-electron chi connectivity index (χ3n) is 5.11. The van der Waals surface area contributed by atoms with Crippen molar-refractivity contribution in [3.05, 3.63) is 35.5 Å². The number of nitrogens with one attached hydrogen (secondary N) is 1. The summed E-state index contributed by atoms with van der Waals surface area (Å²) in [6.45, 7) is 2.41. The highest BCUT2D eigenvalue weighted by Gasteiger charge is 2.25. The molecule has 0 bridgehead atoms. The number of benzene rings is 1. The molecule has 1 fully saturated rings. The van der Waals surface area contributed by atoms with Crippen LogP contribution in [0.15, 0.2) is 24.4 Å². The van der Waals surface area contributed by atoms with E-state index in [-0.39, 0.29) is 11.9 Å². The summed E-state index contributed by atoms with van der Waals surface area (Å²) >= 11 is 0. The predicted octanol–water partition coefficient (Wildman–Crippen LogP) is 1.76. The number of aromatic nitrogens is 2. The highest BCUT2D eigenvalue weighted by atomic mass is 16.5. The van der Waals surface area contributed by atoms with Crippen molar-refractivity contribution < 1.29 is 14.3 Å². The van der Waals surface area contributed by atoms with Gasteiger partial charge in [0, 0.05) is 49.8 Å². The Hall–Kier alpha value is -2.70. The lowest BCUT2D eigenvalue weighted by Gasteiger charge is -2.34. The zero-order chi connectivity index (χ0) is 18.1. The van der Waals surface area contributed by atoms with Gasteiger partial charge < -0.3 is 19.7 Å². The number of methoxy groups -OCH3 is 1. The van der Waals surface area contributed by atoms with Crippen molar-refractivity contribution in [2.75, 3.05) is 31.7 Å². The highest BCUT2D eigenvalue weighted by molar-refractivity contribution is 5.95. The maximum Gasteiger partial charge on any atom is 0.251 e. The van der Waals surface area contributed by atoms with E-state index in [1.807, 2.05) is 23.9 Å². The molecule has 3 heterocycles. The summed E-state index contributed by atoms with van der Waals surface area (Å²) in [6, 6.07) is 5.81. The van der Waals surface area contributed by atoms with Gasteiger partial charge in [-0.25, -0.2) is 0 Å². The Bertz CT molecular complexity index is 817. The first-order valence-corrected chi connectivity index (χ1v) is 9.03. The summed E-state index contributed by atoms with van der Waals surface area (Å²) in [5, 5.41) is 7.42. The van der Waals surface area contributed by atoms with Crippen LogP contribution in [0.1, 0.15) is 28.8 Å². The van der Waals surface area contributed by atoms with Gasteiger partial charge in [-0.05, 0) is 25.0 Å². The number of carbonyl (C=O) groups excluding carboxylic acids is 1. The number of anilines is 1. The second kappa shape index (κ2) is 6.90. The maximum absolute atomic E-state index is 12.8. The number of rotatable bonds is 4. The van der Waals surface area contributed by atoms with Crippen LogP contribution in [0.25, 0.3) is 0 Å². The van der Waals surface area contributed by atoms with Crippen LogP contribution in [0, 0.1) is 0 Å². The minimum atomic E-state index is -0.0603. The maximum atomic E-state index is 12.8. The quantitative estimate of drug-likeness (QED) is 0.904. The lowest BCUT2D eigenvalue weighted by Crippen LogP contribution is -2.48. The fraction of sp³-hybridized carbons (Fsp3) is 0.474. The Labute approximate surface area is 152 Å². The van der Waals surface area contributed by atoms with Crippen LogP contribution in [-0.2, 0) is 13.5 Å². The van der Waals surface area contributed by atoms with Crippen molar-refractivity contribution >= 4 is 11.7 Å². The number of ether oxygens (including phenoxy) is 2. The standard InChI is InChI=1S/C19H24N4O3/c1-22-17(5-7-20-22)23-8-3-4-15(12-23)21-19(24)14-10-13-6-9-26-18(13)16(11-14)25-2/h5,7,10-11,15H,3-4,6,8-9,12H2,1-2H3,(H,21,24). The van der Waals surface area contributed by atoms with Crippen molar-refractivity contribution in [2.24, 2.45) is 7.05 Å². The largest absolute Gasteiger partial charge is 0.493 e. The second-order valence-electron chi connectivity index (χ2n) is 6.84. The van der Waals surface area contributed by atoms with E-state index in [9.17, 15) is 4.79 Å². The third kappa shape index (κ3) is 3.09. The van der Waals surface area contributed by atoms with E-state index in [4.69, 9.17) is 9.47 Å². The topological polar surface area (TPSA) is 68.6 Å². The van der Waals surface area contributed by atoms with E-state index in [1.165, 1.54) is 0 Å². The Morgan fingerprint density at radius 1 is 1.42 bits per heavy atom. The average Bonchev–Trinajstić information content (AvgIpc) is 3.29. The monoisotopic (exact) mass is 356 g/mol. The number of hydrogen-bond donors (Lipinski definition) is 1. The number of carbonyl (C=O) groups is 1. The lowest BCUT2D eigenvalue weighted by atomic mass is 10.0. The van der Waals surface area contributed by atoms with E-state index in [2.05, 4.69) is 15.3 Å². The minimum Gasteiger partial charge on any atom is -0.493 e. The molecule has 0 saturated carbocycles. The number of hydrogen-bond acceptors (Lipinski definition) is 5. The Morgan fingerprint density at radius 3 is 3.08 bits per heavy atom.